The molecule has 0 aliphatic carbocycles. The van der Waals surface area contributed by atoms with Gasteiger partial charge >= 0.3 is 6.03 Å². The average molecular weight is 321 g/mol. The average Bonchev–Trinajstić information content (AvgIpc) is 2.79. The summed E-state index contributed by atoms with van der Waals surface area (Å²) < 4.78 is 0. The standard InChI is InChI=1S/C12H14Cl2N2O2S/c13-8-1-2-9(14)10(5-8)16-11(17)15-6-12(18)3-4-19-7-12/h1-2,5,18H,3-4,6-7H2,(H2,15,16,17). The topological polar surface area (TPSA) is 61.4 Å². The first-order valence-electron chi connectivity index (χ1n) is 5.79. The van der Waals surface area contributed by atoms with Crippen LogP contribution in [0.1, 0.15) is 6.42 Å². The van der Waals surface area contributed by atoms with Crippen molar-refractivity contribution in [1.82, 2.24) is 5.32 Å². The van der Waals surface area contributed by atoms with Crippen LogP contribution < -0.4 is 10.6 Å². The fraction of sp³-hybridized carbons (Fsp3) is 0.417. The Kier molecular flexibility index (Phi) is 4.84. The number of benzene rings is 1. The van der Waals surface area contributed by atoms with E-state index in [0.29, 0.717) is 27.9 Å². The van der Waals surface area contributed by atoms with Crippen molar-refractivity contribution in [1.29, 1.82) is 0 Å². The summed E-state index contributed by atoms with van der Waals surface area (Å²) >= 11 is 13.5. The van der Waals surface area contributed by atoms with Gasteiger partial charge < -0.3 is 15.7 Å². The molecular formula is C12H14Cl2N2O2S. The van der Waals surface area contributed by atoms with E-state index < -0.39 is 11.6 Å². The van der Waals surface area contributed by atoms with Crippen LogP contribution in [-0.4, -0.2) is 34.8 Å². The minimum atomic E-state index is -0.805. The van der Waals surface area contributed by atoms with Gasteiger partial charge in [0.05, 0.1) is 16.3 Å². The minimum Gasteiger partial charge on any atom is -0.387 e. The Hall–Kier alpha value is -0.620. The zero-order valence-electron chi connectivity index (χ0n) is 10.1. The predicted octanol–water partition coefficient (Wildman–Crippen LogP) is 2.98. The molecule has 1 aliphatic heterocycles. The van der Waals surface area contributed by atoms with Crippen molar-refractivity contribution in [2.75, 3.05) is 23.4 Å². The van der Waals surface area contributed by atoms with Crippen LogP contribution in [0.3, 0.4) is 0 Å². The van der Waals surface area contributed by atoms with Gasteiger partial charge in [-0.15, -0.1) is 0 Å². The number of urea groups is 1. The number of thioether (sulfide) groups is 1. The zero-order chi connectivity index (χ0) is 13.9. The minimum absolute atomic E-state index is 0.226. The summed E-state index contributed by atoms with van der Waals surface area (Å²) in [6.45, 7) is 0.226. The molecule has 1 aliphatic rings. The molecule has 0 radical (unpaired) electrons. The normalized spacial score (nSPS) is 22.3. The number of nitrogens with one attached hydrogen (secondary N) is 2. The molecule has 7 heteroatoms. The van der Waals surface area contributed by atoms with Gasteiger partial charge in [0.15, 0.2) is 0 Å². The lowest BCUT2D eigenvalue weighted by molar-refractivity contribution is 0.0706. The monoisotopic (exact) mass is 320 g/mol. The van der Waals surface area contributed by atoms with Crippen molar-refractivity contribution < 1.29 is 9.90 Å². The molecule has 1 saturated heterocycles. The van der Waals surface area contributed by atoms with E-state index in [2.05, 4.69) is 10.6 Å². The molecule has 1 heterocycles. The number of rotatable bonds is 3. The van der Waals surface area contributed by atoms with Crippen molar-refractivity contribution >= 4 is 46.7 Å². The third-order valence-corrected chi connectivity index (χ3v) is 4.64. The highest BCUT2D eigenvalue weighted by Crippen LogP contribution is 2.27. The van der Waals surface area contributed by atoms with Gasteiger partial charge in [-0.3, -0.25) is 0 Å². The fourth-order valence-corrected chi connectivity index (χ4v) is 3.37. The van der Waals surface area contributed by atoms with E-state index in [1.807, 2.05) is 0 Å². The highest BCUT2D eigenvalue weighted by molar-refractivity contribution is 7.99. The maximum absolute atomic E-state index is 11.7. The molecule has 1 unspecified atom stereocenters. The first-order chi connectivity index (χ1) is 8.98. The Morgan fingerprint density at radius 2 is 2.26 bits per heavy atom. The lowest BCUT2D eigenvalue weighted by atomic mass is 10.0. The van der Waals surface area contributed by atoms with Crippen LogP contribution in [0.25, 0.3) is 0 Å². The summed E-state index contributed by atoms with van der Waals surface area (Å²) in [5, 5.41) is 16.3. The smallest absolute Gasteiger partial charge is 0.319 e. The van der Waals surface area contributed by atoms with E-state index in [4.69, 9.17) is 23.2 Å². The summed E-state index contributed by atoms with van der Waals surface area (Å²) in [5.74, 6) is 1.56. The molecule has 1 aromatic carbocycles. The van der Waals surface area contributed by atoms with Crippen molar-refractivity contribution in [2.45, 2.75) is 12.0 Å². The summed E-state index contributed by atoms with van der Waals surface area (Å²) in [5.41, 5.74) is -0.361. The number of anilines is 1. The SMILES string of the molecule is O=C(NCC1(O)CCSC1)Nc1cc(Cl)ccc1Cl. The van der Waals surface area contributed by atoms with Gasteiger partial charge in [0.1, 0.15) is 0 Å². The summed E-state index contributed by atoms with van der Waals surface area (Å²) in [7, 11) is 0. The number of halogens is 2. The molecule has 2 amide bonds. The number of carbonyl (C=O) groups is 1. The van der Waals surface area contributed by atoms with E-state index in [-0.39, 0.29) is 6.54 Å². The summed E-state index contributed by atoms with van der Waals surface area (Å²) in [4.78, 5) is 11.7. The van der Waals surface area contributed by atoms with Crippen molar-refractivity contribution in [3.05, 3.63) is 28.2 Å². The molecule has 19 heavy (non-hydrogen) atoms. The van der Waals surface area contributed by atoms with Crippen molar-refractivity contribution in [3.63, 3.8) is 0 Å². The van der Waals surface area contributed by atoms with Gasteiger partial charge in [-0.1, -0.05) is 23.2 Å². The molecule has 1 atom stereocenters. The number of hydrogen-bond donors (Lipinski definition) is 3. The molecule has 0 bridgehead atoms. The van der Waals surface area contributed by atoms with Gasteiger partial charge in [0.2, 0.25) is 0 Å². The van der Waals surface area contributed by atoms with Crippen LogP contribution in [0.15, 0.2) is 18.2 Å². The zero-order valence-corrected chi connectivity index (χ0v) is 12.4. The van der Waals surface area contributed by atoms with Crippen molar-refractivity contribution in [2.24, 2.45) is 0 Å². The van der Waals surface area contributed by atoms with Gasteiger partial charge in [0.25, 0.3) is 0 Å². The summed E-state index contributed by atoms with van der Waals surface area (Å²) in [6, 6.07) is 4.42. The largest absolute Gasteiger partial charge is 0.387 e. The van der Waals surface area contributed by atoms with E-state index in [9.17, 15) is 9.90 Å². The van der Waals surface area contributed by atoms with Crippen LogP contribution in [-0.2, 0) is 0 Å². The Morgan fingerprint density at radius 3 is 2.95 bits per heavy atom. The van der Waals surface area contributed by atoms with Crippen LogP contribution in [0.5, 0.6) is 0 Å². The third kappa shape index (κ3) is 4.18. The highest BCUT2D eigenvalue weighted by Gasteiger charge is 2.31. The quantitative estimate of drug-likeness (QED) is 0.802. The molecule has 104 valence electrons. The Balaban J connectivity index is 1.89. The molecule has 0 spiro atoms. The van der Waals surface area contributed by atoms with Crippen LogP contribution in [0, 0.1) is 0 Å². The first-order valence-corrected chi connectivity index (χ1v) is 7.70. The number of carbonyl (C=O) groups excluding carboxylic acids is 1. The van der Waals surface area contributed by atoms with E-state index >= 15 is 0 Å². The summed E-state index contributed by atoms with van der Waals surface area (Å²) in [6.07, 6.45) is 0.690. The number of aliphatic hydroxyl groups is 1. The van der Waals surface area contributed by atoms with Gasteiger partial charge in [-0.2, -0.15) is 11.8 Å². The molecule has 0 aromatic heterocycles. The molecule has 1 fully saturated rings. The third-order valence-electron chi connectivity index (χ3n) is 2.84. The van der Waals surface area contributed by atoms with Crippen LogP contribution in [0.2, 0.25) is 10.0 Å². The Labute approximate surface area is 125 Å². The molecular weight excluding hydrogens is 307 g/mol. The second-order valence-corrected chi connectivity index (χ2v) is 6.41. The first kappa shape index (κ1) is 14.8. The molecule has 2 rings (SSSR count). The van der Waals surface area contributed by atoms with E-state index in [0.717, 1.165) is 5.75 Å². The highest BCUT2D eigenvalue weighted by atomic mass is 35.5. The maximum atomic E-state index is 11.7. The van der Waals surface area contributed by atoms with Gasteiger partial charge in [-0.25, -0.2) is 4.79 Å². The van der Waals surface area contributed by atoms with Crippen LogP contribution in [0.4, 0.5) is 10.5 Å². The molecule has 3 N–H and O–H groups in total. The van der Waals surface area contributed by atoms with E-state index in [1.165, 1.54) is 0 Å². The fourth-order valence-electron chi connectivity index (χ4n) is 1.74. The number of hydrogen-bond acceptors (Lipinski definition) is 3. The Bertz CT molecular complexity index is 479. The second-order valence-electron chi connectivity index (χ2n) is 4.46. The predicted molar refractivity (Wildman–Crippen MR) is 80.4 cm³/mol. The molecule has 1 aromatic rings. The second kappa shape index (κ2) is 6.22. The van der Waals surface area contributed by atoms with Gasteiger partial charge in [-0.05, 0) is 30.4 Å². The lowest BCUT2D eigenvalue weighted by Gasteiger charge is -2.21. The van der Waals surface area contributed by atoms with Crippen molar-refractivity contribution in [3.8, 4) is 0 Å². The lowest BCUT2D eigenvalue weighted by Crippen LogP contribution is -2.44. The maximum Gasteiger partial charge on any atom is 0.319 e. The number of amides is 2. The Morgan fingerprint density at radius 1 is 1.47 bits per heavy atom. The van der Waals surface area contributed by atoms with E-state index in [1.54, 1.807) is 30.0 Å². The van der Waals surface area contributed by atoms with Crippen LogP contribution >= 0.6 is 35.0 Å². The molecule has 4 nitrogen and oxygen atoms in total. The molecule has 0 saturated carbocycles. The van der Waals surface area contributed by atoms with Gasteiger partial charge in [0, 0.05) is 17.3 Å².